The van der Waals surface area contributed by atoms with Crippen molar-refractivity contribution < 1.29 is 28.9 Å². The lowest BCUT2D eigenvalue weighted by Crippen LogP contribution is -2.17. The molecule has 0 atom stereocenters. The van der Waals surface area contributed by atoms with E-state index in [1.54, 1.807) is 13.8 Å². The van der Waals surface area contributed by atoms with Crippen LogP contribution in [0.25, 0.3) is 0 Å². The minimum Gasteiger partial charge on any atom is -0.502 e. The molecule has 1 aromatic carbocycles. The van der Waals surface area contributed by atoms with Crippen molar-refractivity contribution in [3.63, 3.8) is 0 Å². The third-order valence-electron chi connectivity index (χ3n) is 2.71. The molecule has 0 heterocycles. The maximum absolute atomic E-state index is 12.0. The van der Waals surface area contributed by atoms with Crippen LogP contribution >= 0.6 is 0 Å². The predicted octanol–water partition coefficient (Wildman–Crippen LogP) is 1.18. The van der Waals surface area contributed by atoms with E-state index in [1.165, 1.54) is 19.2 Å². The van der Waals surface area contributed by atoms with E-state index in [0.717, 1.165) is 12.1 Å². The smallest absolute Gasteiger partial charge is 0.355 e. The van der Waals surface area contributed by atoms with Gasteiger partial charge >= 0.3 is 11.9 Å². The summed E-state index contributed by atoms with van der Waals surface area (Å²) in [5, 5.41) is 12.3. The molecule has 0 aliphatic carbocycles. The van der Waals surface area contributed by atoms with Crippen LogP contribution in [0, 0.1) is 0 Å². The Morgan fingerprint density at radius 1 is 1.21 bits per heavy atom. The fourth-order valence-electron chi connectivity index (χ4n) is 1.67. The third-order valence-corrected chi connectivity index (χ3v) is 2.71. The van der Waals surface area contributed by atoms with Gasteiger partial charge in [0, 0.05) is 11.8 Å². The zero-order valence-electron chi connectivity index (χ0n) is 13.6. The molecule has 0 amide bonds. The van der Waals surface area contributed by atoms with E-state index in [9.17, 15) is 19.5 Å². The first-order valence-corrected chi connectivity index (χ1v) is 7.16. The Morgan fingerprint density at radius 3 is 2.46 bits per heavy atom. The number of anilines is 1. The maximum atomic E-state index is 12.0. The van der Waals surface area contributed by atoms with Gasteiger partial charge in [0.25, 0.3) is 0 Å². The molecule has 0 fully saturated rings. The van der Waals surface area contributed by atoms with Crippen LogP contribution in [0.15, 0.2) is 34.8 Å². The Bertz CT molecular complexity index is 697. The number of hydrogen-bond donors (Lipinski definition) is 2. The van der Waals surface area contributed by atoms with Crippen LogP contribution in [0.4, 0.5) is 5.69 Å². The van der Waals surface area contributed by atoms with Crippen LogP contribution in [0.3, 0.4) is 0 Å². The molecule has 0 saturated heterocycles. The van der Waals surface area contributed by atoms with Crippen LogP contribution in [0.1, 0.15) is 13.8 Å². The molecule has 0 unspecified atom stereocenters. The van der Waals surface area contributed by atoms with Crippen molar-refractivity contribution in [3.05, 3.63) is 40.2 Å². The van der Waals surface area contributed by atoms with Crippen molar-refractivity contribution in [2.45, 2.75) is 13.8 Å². The van der Waals surface area contributed by atoms with Crippen molar-refractivity contribution in [2.24, 2.45) is 0 Å². The molecule has 0 bridgehead atoms. The van der Waals surface area contributed by atoms with Crippen molar-refractivity contribution in [1.82, 2.24) is 0 Å². The third kappa shape index (κ3) is 5.31. The van der Waals surface area contributed by atoms with Gasteiger partial charge in [-0.3, -0.25) is 4.79 Å². The van der Waals surface area contributed by atoms with Crippen LogP contribution in [-0.4, -0.2) is 37.4 Å². The Hall–Kier alpha value is -3.03. The number of rotatable bonds is 7. The highest BCUT2D eigenvalue weighted by Crippen LogP contribution is 2.24. The number of hydrogen-bond acceptors (Lipinski definition) is 8. The molecule has 8 heteroatoms. The van der Waals surface area contributed by atoms with Gasteiger partial charge in [0.1, 0.15) is 5.70 Å². The van der Waals surface area contributed by atoms with Crippen LogP contribution in [0.5, 0.6) is 11.5 Å². The quantitative estimate of drug-likeness (QED) is 0.564. The number of nitrogens with one attached hydrogen (secondary N) is 1. The highest BCUT2D eigenvalue weighted by atomic mass is 16.5. The Morgan fingerprint density at radius 2 is 1.88 bits per heavy atom. The lowest BCUT2D eigenvalue weighted by atomic mass is 10.3. The number of aromatic hydroxyl groups is 1. The minimum atomic E-state index is -0.775. The van der Waals surface area contributed by atoms with Gasteiger partial charge in [-0.05, 0) is 26.0 Å². The summed E-state index contributed by atoms with van der Waals surface area (Å²) < 4.78 is 14.5. The second-order valence-electron chi connectivity index (χ2n) is 4.37. The first-order valence-electron chi connectivity index (χ1n) is 7.16. The van der Waals surface area contributed by atoms with Gasteiger partial charge in [-0.2, -0.15) is 0 Å². The maximum Gasteiger partial charge on any atom is 0.355 e. The van der Waals surface area contributed by atoms with Gasteiger partial charge in [-0.1, -0.05) is 0 Å². The zero-order valence-corrected chi connectivity index (χ0v) is 13.6. The molecular formula is C16H19NO7. The molecule has 0 aliphatic heterocycles. The van der Waals surface area contributed by atoms with Gasteiger partial charge in [-0.15, -0.1) is 0 Å². The van der Waals surface area contributed by atoms with E-state index in [2.05, 4.69) is 5.32 Å². The summed E-state index contributed by atoms with van der Waals surface area (Å²) in [6.07, 6.45) is 0.943. The minimum absolute atomic E-state index is 0.0909. The molecular weight excluding hydrogens is 318 g/mol. The van der Waals surface area contributed by atoms with Crippen molar-refractivity contribution in [3.8, 4) is 11.5 Å². The molecule has 2 N–H and O–H groups in total. The van der Waals surface area contributed by atoms with Gasteiger partial charge < -0.3 is 24.6 Å². The molecule has 8 nitrogen and oxygen atoms in total. The van der Waals surface area contributed by atoms with Crippen molar-refractivity contribution >= 4 is 17.6 Å². The number of ether oxygens (including phenoxy) is 3. The van der Waals surface area contributed by atoms with E-state index >= 15 is 0 Å². The molecule has 0 saturated carbocycles. The molecule has 0 spiro atoms. The van der Waals surface area contributed by atoms with E-state index in [4.69, 9.17) is 14.2 Å². The van der Waals surface area contributed by atoms with Crippen LogP contribution in [-0.2, 0) is 19.1 Å². The molecule has 0 aliphatic rings. The zero-order chi connectivity index (χ0) is 18.1. The summed E-state index contributed by atoms with van der Waals surface area (Å²) in [7, 11) is 1.28. The Balaban J connectivity index is 3.24. The Kier molecular flexibility index (Phi) is 7.28. The topological polar surface area (TPSA) is 111 Å². The SMILES string of the molecule is CCOC(=O)/C=C(\Nc1ccc(=O)c(O)c(OC)c1)C(=O)OCC. The first kappa shape index (κ1) is 19.0. The first-order chi connectivity index (χ1) is 11.4. The summed E-state index contributed by atoms with van der Waals surface area (Å²) in [6, 6.07) is 3.71. The normalized spacial score (nSPS) is 10.7. The molecule has 0 aromatic heterocycles. The predicted molar refractivity (Wildman–Crippen MR) is 85.9 cm³/mol. The molecule has 130 valence electrons. The van der Waals surface area contributed by atoms with E-state index < -0.39 is 23.1 Å². The van der Waals surface area contributed by atoms with Gasteiger partial charge in [0.15, 0.2) is 5.75 Å². The molecule has 24 heavy (non-hydrogen) atoms. The average Bonchev–Trinajstić information content (AvgIpc) is 2.68. The summed E-state index contributed by atoms with van der Waals surface area (Å²) in [4.78, 5) is 35.1. The summed E-state index contributed by atoms with van der Waals surface area (Å²) in [5.41, 5.74) is -0.615. The fraction of sp³-hybridized carbons (Fsp3) is 0.312. The van der Waals surface area contributed by atoms with E-state index in [1.807, 2.05) is 0 Å². The largest absolute Gasteiger partial charge is 0.502 e. The van der Waals surface area contributed by atoms with Gasteiger partial charge in [-0.25, -0.2) is 9.59 Å². The van der Waals surface area contributed by atoms with E-state index in [0.29, 0.717) is 0 Å². The van der Waals surface area contributed by atoms with Crippen molar-refractivity contribution in [2.75, 3.05) is 25.6 Å². The highest BCUT2D eigenvalue weighted by molar-refractivity contribution is 5.98. The second kappa shape index (κ2) is 9.19. The standard InChI is InChI=1S/C16H19NO7/c1-4-23-14(19)9-11(16(21)24-5-2)17-10-6-7-12(18)15(20)13(8-10)22-3/h6-9,17H,4-5H2,1-3H3,(H,18,20)/b11-9-. The highest BCUT2D eigenvalue weighted by Gasteiger charge is 2.15. The monoisotopic (exact) mass is 337 g/mol. The van der Waals surface area contributed by atoms with Crippen LogP contribution < -0.4 is 15.5 Å². The Labute approximate surface area is 138 Å². The molecule has 0 radical (unpaired) electrons. The van der Waals surface area contributed by atoms with Gasteiger partial charge in [0.2, 0.25) is 11.2 Å². The summed E-state index contributed by atoms with van der Waals surface area (Å²) in [6.45, 7) is 3.50. The van der Waals surface area contributed by atoms with Crippen LogP contribution in [0.2, 0.25) is 0 Å². The second-order valence-corrected chi connectivity index (χ2v) is 4.37. The van der Waals surface area contributed by atoms with Gasteiger partial charge in [0.05, 0.1) is 26.4 Å². The summed E-state index contributed by atoms with van der Waals surface area (Å²) in [5.74, 6) is -2.17. The molecule has 1 rings (SSSR count). The fourth-order valence-corrected chi connectivity index (χ4v) is 1.67. The molecule has 1 aromatic rings. The number of methoxy groups -OCH3 is 1. The average molecular weight is 337 g/mol. The number of carbonyl (C=O) groups is 2. The summed E-state index contributed by atoms with van der Waals surface area (Å²) >= 11 is 0. The van der Waals surface area contributed by atoms with Crippen molar-refractivity contribution in [1.29, 1.82) is 0 Å². The lowest BCUT2D eigenvalue weighted by molar-refractivity contribution is -0.140. The van der Waals surface area contributed by atoms with E-state index in [-0.39, 0.29) is 30.3 Å². The number of esters is 2. The number of carbonyl (C=O) groups excluding carboxylic acids is 2. The lowest BCUT2D eigenvalue weighted by Gasteiger charge is -2.09.